The Morgan fingerprint density at radius 2 is 2.13 bits per heavy atom. The molecule has 1 aromatic heterocycles. The second kappa shape index (κ2) is 4.14. The van der Waals surface area contributed by atoms with Crippen LogP contribution in [0.2, 0.25) is 0 Å². The van der Waals surface area contributed by atoms with Gasteiger partial charge < -0.3 is 5.73 Å². The second-order valence-corrected chi connectivity index (χ2v) is 5.43. The fourth-order valence-electron chi connectivity index (χ4n) is 1.15. The number of hydrogen-bond donors (Lipinski definition) is 2. The molecule has 1 aromatic rings. The average molecular weight is 229 g/mol. The number of nitrogen functional groups attached to an aromatic ring is 1. The van der Waals surface area contributed by atoms with Crippen molar-refractivity contribution in [3.8, 4) is 0 Å². The maximum absolute atomic E-state index is 11.5. The van der Waals surface area contributed by atoms with Crippen molar-refractivity contribution in [3.63, 3.8) is 0 Å². The molecule has 0 amide bonds. The fourth-order valence-corrected chi connectivity index (χ4v) is 1.41. The van der Waals surface area contributed by atoms with Crippen molar-refractivity contribution >= 4 is 17.6 Å². The molecule has 0 saturated carbocycles. The van der Waals surface area contributed by atoms with E-state index >= 15 is 0 Å². The number of nitrogens with one attached hydrogen (secondary N) is 1. The van der Waals surface area contributed by atoms with Gasteiger partial charge in [-0.05, 0) is 20.1 Å². The highest BCUT2D eigenvalue weighted by atomic mass is 32.2. The largest absolute Gasteiger partial charge is 0.385 e. The number of aromatic nitrogens is 2. The summed E-state index contributed by atoms with van der Waals surface area (Å²) in [5.74, 6) is 0.200. The van der Waals surface area contributed by atoms with Crippen LogP contribution in [0.3, 0.4) is 0 Å². The summed E-state index contributed by atoms with van der Waals surface area (Å²) < 4.78 is 1.27. The van der Waals surface area contributed by atoms with Crippen LogP contribution in [0.25, 0.3) is 0 Å². The number of aromatic amines is 1. The Bertz CT molecular complexity index is 461. The van der Waals surface area contributed by atoms with E-state index in [0.717, 1.165) is 0 Å². The lowest BCUT2D eigenvalue weighted by molar-refractivity contribution is 0.548. The molecule has 15 heavy (non-hydrogen) atoms. The monoisotopic (exact) mass is 229 g/mol. The number of thioether (sulfide) groups is 1. The number of anilines is 1. The highest BCUT2D eigenvalue weighted by molar-refractivity contribution is 7.99. The molecular formula is C9H15N3O2S. The molecule has 0 radical (unpaired) electrons. The molecule has 1 rings (SSSR count). The zero-order chi connectivity index (χ0) is 11.6. The number of hydrogen-bond acceptors (Lipinski definition) is 4. The average Bonchev–Trinajstić information content (AvgIpc) is 2.11. The van der Waals surface area contributed by atoms with Crippen molar-refractivity contribution in [2.45, 2.75) is 25.1 Å². The van der Waals surface area contributed by atoms with Gasteiger partial charge in [-0.3, -0.25) is 14.3 Å². The molecule has 0 aliphatic heterocycles. The number of nitrogens with two attached hydrogens (primary N) is 1. The van der Waals surface area contributed by atoms with Crippen LogP contribution < -0.4 is 17.0 Å². The lowest BCUT2D eigenvalue weighted by atomic mass is 10.2. The summed E-state index contributed by atoms with van der Waals surface area (Å²) in [7, 11) is 0. The van der Waals surface area contributed by atoms with Gasteiger partial charge in [0.05, 0.1) is 0 Å². The van der Waals surface area contributed by atoms with E-state index in [9.17, 15) is 9.59 Å². The topological polar surface area (TPSA) is 80.9 Å². The van der Waals surface area contributed by atoms with Gasteiger partial charge in [-0.2, -0.15) is 11.8 Å². The molecule has 6 heteroatoms. The molecule has 0 aromatic carbocycles. The molecule has 0 atom stereocenters. The number of nitrogens with zero attached hydrogens (tertiary/aromatic N) is 1. The molecule has 5 nitrogen and oxygen atoms in total. The summed E-state index contributed by atoms with van der Waals surface area (Å²) in [6.07, 6.45) is 1.97. The second-order valence-electron chi connectivity index (χ2n) is 3.91. The van der Waals surface area contributed by atoms with Crippen LogP contribution in [0.1, 0.15) is 13.8 Å². The van der Waals surface area contributed by atoms with Crippen molar-refractivity contribution in [3.05, 3.63) is 26.9 Å². The first-order valence-corrected chi connectivity index (χ1v) is 5.73. The Labute approximate surface area is 91.7 Å². The maximum Gasteiger partial charge on any atom is 0.329 e. The third kappa shape index (κ3) is 2.89. The van der Waals surface area contributed by atoms with Gasteiger partial charge in [-0.15, -0.1) is 0 Å². The smallest absolute Gasteiger partial charge is 0.329 e. The van der Waals surface area contributed by atoms with Crippen molar-refractivity contribution in [2.75, 3.05) is 12.0 Å². The van der Waals surface area contributed by atoms with Gasteiger partial charge in [0, 0.05) is 17.4 Å². The lowest BCUT2D eigenvalue weighted by Crippen LogP contribution is -2.36. The van der Waals surface area contributed by atoms with Gasteiger partial charge in [0.2, 0.25) is 0 Å². The minimum absolute atomic E-state index is 0.101. The van der Waals surface area contributed by atoms with E-state index in [1.165, 1.54) is 10.6 Å². The summed E-state index contributed by atoms with van der Waals surface area (Å²) in [5, 5.41) is 0. The van der Waals surface area contributed by atoms with Crippen molar-refractivity contribution in [1.29, 1.82) is 0 Å². The van der Waals surface area contributed by atoms with E-state index in [4.69, 9.17) is 5.73 Å². The van der Waals surface area contributed by atoms with Crippen LogP contribution in [0.4, 0.5) is 5.82 Å². The molecule has 0 unspecified atom stereocenters. The third-order valence-electron chi connectivity index (χ3n) is 2.16. The summed E-state index contributed by atoms with van der Waals surface area (Å²) in [4.78, 5) is 24.6. The quantitative estimate of drug-likeness (QED) is 0.779. The van der Waals surface area contributed by atoms with Gasteiger partial charge in [-0.25, -0.2) is 4.79 Å². The zero-order valence-corrected chi connectivity index (χ0v) is 9.85. The molecule has 3 N–H and O–H groups in total. The summed E-state index contributed by atoms with van der Waals surface area (Å²) in [6, 6.07) is 1.22. The Morgan fingerprint density at radius 3 is 2.60 bits per heavy atom. The van der Waals surface area contributed by atoms with Gasteiger partial charge in [0.1, 0.15) is 5.82 Å². The predicted molar refractivity (Wildman–Crippen MR) is 63.3 cm³/mol. The maximum atomic E-state index is 11.5. The Morgan fingerprint density at radius 1 is 1.53 bits per heavy atom. The molecular weight excluding hydrogens is 214 g/mol. The van der Waals surface area contributed by atoms with E-state index in [-0.39, 0.29) is 10.6 Å². The molecule has 84 valence electrons. The van der Waals surface area contributed by atoms with E-state index in [0.29, 0.717) is 6.54 Å². The van der Waals surface area contributed by atoms with Gasteiger partial charge >= 0.3 is 5.69 Å². The Hall–Kier alpha value is -1.17. The van der Waals surface area contributed by atoms with Crippen molar-refractivity contribution in [2.24, 2.45) is 0 Å². The molecule has 0 bridgehead atoms. The Kier molecular flexibility index (Phi) is 3.28. The van der Waals surface area contributed by atoms with Gasteiger partial charge in [0.25, 0.3) is 5.56 Å². The summed E-state index contributed by atoms with van der Waals surface area (Å²) in [6.45, 7) is 4.49. The van der Waals surface area contributed by atoms with E-state index in [2.05, 4.69) is 4.98 Å². The highest BCUT2D eigenvalue weighted by Gasteiger charge is 2.18. The third-order valence-corrected chi connectivity index (χ3v) is 3.39. The molecule has 1 heterocycles. The first-order chi connectivity index (χ1) is 6.85. The minimum Gasteiger partial charge on any atom is -0.385 e. The van der Waals surface area contributed by atoms with Crippen LogP contribution in [0.5, 0.6) is 0 Å². The number of H-pyrrole nitrogens is 1. The summed E-state index contributed by atoms with van der Waals surface area (Å²) >= 11 is 1.64. The SMILES string of the molecule is CSC(C)(C)Cn1c(N)cc(=O)[nH]c1=O. The standard InChI is InChI=1S/C9H15N3O2S/c1-9(2,15-3)5-12-6(10)4-7(13)11-8(12)14/h4H,5,10H2,1-3H3,(H,11,13,14). The zero-order valence-electron chi connectivity index (χ0n) is 9.03. The van der Waals surface area contributed by atoms with E-state index in [1.807, 2.05) is 20.1 Å². The first kappa shape index (κ1) is 11.9. The first-order valence-electron chi connectivity index (χ1n) is 4.50. The predicted octanol–water partition coefficient (Wildman–Crippen LogP) is 0.260. The van der Waals surface area contributed by atoms with Crippen LogP contribution in [0.15, 0.2) is 15.7 Å². The molecule has 0 fully saturated rings. The van der Waals surface area contributed by atoms with Crippen LogP contribution in [-0.2, 0) is 6.54 Å². The fraction of sp³-hybridized carbons (Fsp3) is 0.556. The van der Waals surface area contributed by atoms with Gasteiger partial charge in [0.15, 0.2) is 0 Å². The lowest BCUT2D eigenvalue weighted by Gasteiger charge is -2.23. The van der Waals surface area contributed by atoms with Crippen LogP contribution in [-0.4, -0.2) is 20.6 Å². The Balaban J connectivity index is 3.17. The number of rotatable bonds is 3. The van der Waals surface area contributed by atoms with Crippen LogP contribution in [0, 0.1) is 0 Å². The van der Waals surface area contributed by atoms with Gasteiger partial charge in [-0.1, -0.05) is 0 Å². The normalized spacial score (nSPS) is 11.7. The highest BCUT2D eigenvalue weighted by Crippen LogP contribution is 2.23. The summed E-state index contributed by atoms with van der Waals surface area (Å²) in [5.41, 5.74) is 4.70. The molecule has 0 aliphatic rings. The van der Waals surface area contributed by atoms with E-state index < -0.39 is 11.2 Å². The van der Waals surface area contributed by atoms with Crippen LogP contribution >= 0.6 is 11.8 Å². The van der Waals surface area contributed by atoms with Crippen molar-refractivity contribution in [1.82, 2.24) is 9.55 Å². The molecule has 0 spiro atoms. The van der Waals surface area contributed by atoms with E-state index in [1.54, 1.807) is 11.8 Å². The molecule has 0 aliphatic carbocycles. The van der Waals surface area contributed by atoms with Crippen molar-refractivity contribution < 1.29 is 0 Å². The minimum atomic E-state index is -0.462. The molecule has 0 saturated heterocycles.